The standard InChI is InChI=1S/C23H27N5/c24-23(26-16-22-21-9-5-4-8-19(21)10-13-25-22)27-20-11-14-28(15-12-20)17-18-6-2-1-3-7-18/h1-10,13,20H,11-12,14-17H2,(H3,24,26,27). The smallest absolute Gasteiger partial charge is 0.189 e. The van der Waals surface area contributed by atoms with E-state index < -0.39 is 0 Å². The monoisotopic (exact) mass is 373 g/mol. The van der Waals surface area contributed by atoms with Gasteiger partial charge in [0.15, 0.2) is 5.96 Å². The highest BCUT2D eigenvalue weighted by atomic mass is 15.2. The van der Waals surface area contributed by atoms with E-state index in [0.717, 1.165) is 43.6 Å². The molecule has 1 fully saturated rings. The van der Waals surface area contributed by atoms with Gasteiger partial charge in [-0.15, -0.1) is 0 Å². The van der Waals surface area contributed by atoms with Gasteiger partial charge in [0.05, 0.1) is 12.2 Å². The Labute approximate surface area is 166 Å². The predicted octanol–water partition coefficient (Wildman–Crippen LogP) is 3.30. The van der Waals surface area contributed by atoms with Crippen LogP contribution in [0.1, 0.15) is 24.1 Å². The number of nitrogens with one attached hydrogen (secondary N) is 1. The van der Waals surface area contributed by atoms with Crippen LogP contribution in [0.2, 0.25) is 0 Å². The summed E-state index contributed by atoms with van der Waals surface area (Å²) < 4.78 is 0. The highest BCUT2D eigenvalue weighted by Gasteiger charge is 2.19. The van der Waals surface area contributed by atoms with E-state index in [0.29, 0.717) is 18.5 Å². The van der Waals surface area contributed by atoms with E-state index in [-0.39, 0.29) is 0 Å². The minimum absolute atomic E-state index is 0.385. The first kappa shape index (κ1) is 18.4. The van der Waals surface area contributed by atoms with Gasteiger partial charge in [-0.1, -0.05) is 54.6 Å². The van der Waals surface area contributed by atoms with Gasteiger partial charge in [0.2, 0.25) is 0 Å². The fourth-order valence-electron chi connectivity index (χ4n) is 3.80. The van der Waals surface area contributed by atoms with Crippen molar-refractivity contribution in [3.63, 3.8) is 0 Å². The van der Waals surface area contributed by atoms with Crippen molar-refractivity contribution in [1.29, 1.82) is 0 Å². The molecule has 2 heterocycles. The third-order valence-corrected chi connectivity index (χ3v) is 5.34. The first-order valence-corrected chi connectivity index (χ1v) is 9.93. The Hall–Kier alpha value is -2.92. The van der Waals surface area contributed by atoms with Crippen molar-refractivity contribution < 1.29 is 0 Å². The second-order valence-corrected chi connectivity index (χ2v) is 7.36. The maximum absolute atomic E-state index is 6.15. The number of hydrogen-bond donors (Lipinski definition) is 2. The van der Waals surface area contributed by atoms with Crippen LogP contribution in [-0.2, 0) is 13.1 Å². The first-order chi connectivity index (χ1) is 13.8. The van der Waals surface area contributed by atoms with E-state index in [9.17, 15) is 0 Å². The van der Waals surface area contributed by atoms with Crippen LogP contribution in [0.3, 0.4) is 0 Å². The summed E-state index contributed by atoms with van der Waals surface area (Å²) in [5.41, 5.74) is 8.48. The molecule has 0 atom stereocenters. The Bertz CT molecular complexity index is 925. The molecular weight excluding hydrogens is 346 g/mol. The summed E-state index contributed by atoms with van der Waals surface area (Å²) in [6.07, 6.45) is 3.99. The maximum Gasteiger partial charge on any atom is 0.189 e. The predicted molar refractivity (Wildman–Crippen MR) is 115 cm³/mol. The van der Waals surface area contributed by atoms with E-state index in [1.165, 1.54) is 10.9 Å². The number of piperidine rings is 1. The molecule has 3 N–H and O–H groups in total. The van der Waals surface area contributed by atoms with Crippen LogP contribution < -0.4 is 11.1 Å². The molecule has 144 valence electrons. The van der Waals surface area contributed by atoms with Gasteiger partial charge in [0.25, 0.3) is 0 Å². The van der Waals surface area contributed by atoms with Crippen LogP contribution in [0, 0.1) is 0 Å². The number of nitrogens with two attached hydrogens (primary N) is 1. The number of fused-ring (bicyclic) bond motifs is 1. The van der Waals surface area contributed by atoms with Crippen molar-refractivity contribution in [2.75, 3.05) is 13.1 Å². The number of pyridine rings is 1. The van der Waals surface area contributed by atoms with Crippen molar-refractivity contribution in [1.82, 2.24) is 15.2 Å². The van der Waals surface area contributed by atoms with Crippen LogP contribution >= 0.6 is 0 Å². The number of guanidine groups is 1. The average Bonchev–Trinajstić information content (AvgIpc) is 2.74. The molecule has 3 aromatic rings. The number of hydrogen-bond acceptors (Lipinski definition) is 3. The van der Waals surface area contributed by atoms with Crippen LogP contribution in [-0.4, -0.2) is 35.0 Å². The number of aromatic nitrogens is 1. The molecule has 0 aliphatic carbocycles. The Kier molecular flexibility index (Phi) is 5.83. The molecule has 0 amide bonds. The van der Waals surface area contributed by atoms with Gasteiger partial charge in [-0.3, -0.25) is 9.88 Å². The zero-order chi connectivity index (χ0) is 19.2. The van der Waals surface area contributed by atoms with Crippen LogP contribution in [0.25, 0.3) is 10.8 Å². The SMILES string of the molecule is NC(=NCc1nccc2ccccc12)NC1CCN(Cc2ccccc2)CC1. The number of aliphatic imine (C=N–C) groups is 1. The molecule has 1 aromatic heterocycles. The molecule has 0 radical (unpaired) electrons. The van der Waals surface area contributed by atoms with Gasteiger partial charge in [-0.25, -0.2) is 4.99 Å². The topological polar surface area (TPSA) is 66.5 Å². The van der Waals surface area contributed by atoms with Crippen molar-refractivity contribution in [3.8, 4) is 0 Å². The molecule has 5 heteroatoms. The molecule has 28 heavy (non-hydrogen) atoms. The average molecular weight is 374 g/mol. The quantitative estimate of drug-likeness (QED) is 0.532. The van der Waals surface area contributed by atoms with E-state index in [1.807, 2.05) is 24.4 Å². The summed E-state index contributed by atoms with van der Waals surface area (Å²) in [6, 6.07) is 21.3. The van der Waals surface area contributed by atoms with Crippen LogP contribution in [0.4, 0.5) is 0 Å². The Morgan fingerprint density at radius 1 is 1.04 bits per heavy atom. The molecule has 0 saturated carbocycles. The number of benzene rings is 2. The molecule has 0 unspecified atom stereocenters. The van der Waals surface area contributed by atoms with Crippen molar-refractivity contribution >= 4 is 16.7 Å². The van der Waals surface area contributed by atoms with Gasteiger partial charge in [-0.2, -0.15) is 0 Å². The fraction of sp³-hybridized carbons (Fsp3) is 0.304. The van der Waals surface area contributed by atoms with Crippen LogP contribution in [0.5, 0.6) is 0 Å². The summed E-state index contributed by atoms with van der Waals surface area (Å²) in [4.78, 5) is 11.5. The van der Waals surface area contributed by atoms with Crippen molar-refractivity contribution in [2.45, 2.75) is 32.0 Å². The third-order valence-electron chi connectivity index (χ3n) is 5.34. The van der Waals surface area contributed by atoms with Crippen molar-refractivity contribution in [2.24, 2.45) is 10.7 Å². The van der Waals surface area contributed by atoms with Gasteiger partial charge in [0.1, 0.15) is 0 Å². The van der Waals surface area contributed by atoms with Gasteiger partial charge < -0.3 is 11.1 Å². The molecule has 0 bridgehead atoms. The molecule has 2 aromatic carbocycles. The molecular formula is C23H27N5. The third kappa shape index (κ3) is 4.67. The van der Waals surface area contributed by atoms with E-state index >= 15 is 0 Å². The zero-order valence-corrected chi connectivity index (χ0v) is 16.1. The second-order valence-electron chi connectivity index (χ2n) is 7.36. The lowest BCUT2D eigenvalue weighted by atomic mass is 10.0. The molecule has 0 spiro atoms. The normalized spacial score (nSPS) is 16.4. The lowest BCUT2D eigenvalue weighted by molar-refractivity contribution is 0.199. The number of likely N-dealkylation sites (tertiary alicyclic amines) is 1. The first-order valence-electron chi connectivity index (χ1n) is 9.93. The maximum atomic E-state index is 6.15. The number of rotatable bonds is 5. The van der Waals surface area contributed by atoms with E-state index in [2.05, 4.69) is 62.7 Å². The molecule has 4 rings (SSSR count). The van der Waals surface area contributed by atoms with E-state index in [1.54, 1.807) is 0 Å². The zero-order valence-electron chi connectivity index (χ0n) is 16.1. The lowest BCUT2D eigenvalue weighted by Gasteiger charge is -2.32. The summed E-state index contributed by atoms with van der Waals surface area (Å²) >= 11 is 0. The Morgan fingerprint density at radius 3 is 2.61 bits per heavy atom. The fourth-order valence-corrected chi connectivity index (χ4v) is 3.80. The van der Waals surface area contributed by atoms with Gasteiger partial charge in [-0.05, 0) is 29.9 Å². The summed E-state index contributed by atoms with van der Waals surface area (Å²) in [5, 5.41) is 5.71. The summed E-state index contributed by atoms with van der Waals surface area (Å²) in [7, 11) is 0. The molecule has 1 saturated heterocycles. The summed E-state index contributed by atoms with van der Waals surface area (Å²) in [5.74, 6) is 0.510. The minimum Gasteiger partial charge on any atom is -0.370 e. The van der Waals surface area contributed by atoms with E-state index in [4.69, 9.17) is 5.73 Å². The Morgan fingerprint density at radius 2 is 1.79 bits per heavy atom. The van der Waals surface area contributed by atoms with Crippen LogP contribution in [0.15, 0.2) is 71.9 Å². The molecule has 1 aliphatic rings. The highest BCUT2D eigenvalue weighted by molar-refractivity contribution is 5.84. The molecule has 1 aliphatic heterocycles. The molecule has 5 nitrogen and oxygen atoms in total. The Balaban J connectivity index is 1.29. The van der Waals surface area contributed by atoms with Gasteiger partial charge in [0, 0.05) is 37.3 Å². The lowest BCUT2D eigenvalue weighted by Crippen LogP contribution is -2.46. The second kappa shape index (κ2) is 8.85. The van der Waals surface area contributed by atoms with Gasteiger partial charge >= 0.3 is 0 Å². The summed E-state index contributed by atoms with van der Waals surface area (Å²) in [6.45, 7) is 3.66. The van der Waals surface area contributed by atoms with Crippen molar-refractivity contribution in [3.05, 3.63) is 78.1 Å². The largest absolute Gasteiger partial charge is 0.370 e. The number of nitrogens with zero attached hydrogens (tertiary/aromatic N) is 3. The highest BCUT2D eigenvalue weighted by Crippen LogP contribution is 2.17. The minimum atomic E-state index is 0.385.